The number of rotatable bonds is 5. The fraction of sp³-hybridized carbons (Fsp3) is 0.308. The number of para-hydroxylation sites is 2. The molecule has 0 bridgehead atoms. The number of hydrogen-bond acceptors (Lipinski definition) is 4. The van der Waals surface area contributed by atoms with Gasteiger partial charge in [-0.15, -0.1) is 0 Å². The molecule has 0 N–H and O–H groups in total. The summed E-state index contributed by atoms with van der Waals surface area (Å²) in [6.07, 6.45) is -4.50. The Morgan fingerprint density at radius 1 is 0.703 bits per heavy atom. The Hall–Kier alpha value is -2.81. The summed E-state index contributed by atoms with van der Waals surface area (Å²) in [5, 5.41) is 0. The zero-order valence-electron chi connectivity index (χ0n) is 20.0. The van der Waals surface area contributed by atoms with Gasteiger partial charge in [0.2, 0.25) is 0 Å². The Kier molecular flexibility index (Phi) is 6.85. The fourth-order valence-electron chi connectivity index (χ4n) is 5.09. The minimum atomic E-state index is -4.50. The molecule has 0 radical (unpaired) electrons. The van der Waals surface area contributed by atoms with Gasteiger partial charge in [-0.1, -0.05) is 48.5 Å². The quantitative estimate of drug-likeness (QED) is 0.383. The largest absolute Gasteiger partial charge is 0.416 e. The van der Waals surface area contributed by atoms with Gasteiger partial charge in [-0.25, -0.2) is 8.42 Å². The lowest BCUT2D eigenvalue weighted by Gasteiger charge is -2.44. The molecule has 1 unspecified atom stereocenters. The van der Waals surface area contributed by atoms with Crippen LogP contribution in [0.2, 0.25) is 0 Å². The maximum Gasteiger partial charge on any atom is 0.416 e. The normalized spacial score (nSPS) is 20.6. The molecule has 0 amide bonds. The first kappa shape index (κ1) is 25.8. The zero-order valence-corrected chi connectivity index (χ0v) is 21.7. The van der Waals surface area contributed by atoms with Crippen LogP contribution in [0.25, 0.3) is 0 Å². The molecule has 2 aliphatic heterocycles. The van der Waals surface area contributed by atoms with Crippen LogP contribution < -0.4 is 9.34 Å². The van der Waals surface area contributed by atoms with Crippen molar-refractivity contribution in [3.63, 3.8) is 0 Å². The van der Waals surface area contributed by atoms with Crippen molar-refractivity contribution in [1.29, 1.82) is 0 Å². The molecule has 1 atom stereocenters. The van der Waals surface area contributed by atoms with E-state index in [0.717, 1.165) is 23.5 Å². The summed E-state index contributed by atoms with van der Waals surface area (Å²) < 4.78 is 83.8. The molecule has 2 saturated heterocycles. The number of alkyl halides is 3. The molecule has 0 saturated carbocycles. The van der Waals surface area contributed by atoms with Crippen LogP contribution in [0.15, 0.2) is 84.9 Å². The van der Waals surface area contributed by atoms with Crippen molar-refractivity contribution in [2.45, 2.75) is 12.0 Å². The minimum Gasteiger partial charge on any atom is -0.304 e. The van der Waals surface area contributed by atoms with E-state index in [1.807, 2.05) is 74.9 Å². The minimum absolute atomic E-state index is 0.0964. The van der Waals surface area contributed by atoms with Crippen molar-refractivity contribution in [1.82, 2.24) is 4.90 Å². The van der Waals surface area contributed by atoms with Crippen molar-refractivity contribution >= 4 is 28.7 Å². The first-order valence-corrected chi connectivity index (χ1v) is 15.5. The van der Waals surface area contributed by atoms with E-state index in [1.165, 1.54) is 12.1 Å². The van der Waals surface area contributed by atoms with Crippen molar-refractivity contribution in [2.24, 2.45) is 0 Å². The standard InChI is InChI=1S/C26H27F3N3O3PS/c27-26(28,29)22-13-11-21(12-14-22)25(30-17-19-37(34,35)20-18-30)36(33)31(23-7-3-1-4-8-23)15-16-32(36)24-9-5-2-6-10-24/h1-14,25H,15-20H2. The molecule has 0 aromatic heterocycles. The van der Waals surface area contributed by atoms with Crippen molar-refractivity contribution in [3.05, 3.63) is 96.1 Å². The summed E-state index contributed by atoms with van der Waals surface area (Å²) >= 11 is 0. The van der Waals surface area contributed by atoms with Crippen LogP contribution in [0.4, 0.5) is 24.5 Å². The lowest BCUT2D eigenvalue weighted by Crippen LogP contribution is -2.44. The third-order valence-electron chi connectivity index (χ3n) is 6.90. The van der Waals surface area contributed by atoms with Crippen molar-refractivity contribution in [2.75, 3.05) is 47.0 Å². The summed E-state index contributed by atoms with van der Waals surface area (Å²) in [6, 6.07) is 23.4. The summed E-state index contributed by atoms with van der Waals surface area (Å²) in [4.78, 5) is 1.86. The van der Waals surface area contributed by atoms with E-state index in [4.69, 9.17) is 0 Å². The van der Waals surface area contributed by atoms with Gasteiger partial charge in [0.05, 0.1) is 17.1 Å². The van der Waals surface area contributed by atoms with Gasteiger partial charge >= 0.3 is 6.18 Å². The van der Waals surface area contributed by atoms with Crippen LogP contribution in [0, 0.1) is 0 Å². The third-order valence-corrected chi connectivity index (χ3v) is 12.0. The Labute approximate surface area is 214 Å². The Bertz CT molecular complexity index is 1320. The predicted octanol–water partition coefficient (Wildman–Crippen LogP) is 5.65. The van der Waals surface area contributed by atoms with Gasteiger partial charge < -0.3 is 9.34 Å². The molecule has 196 valence electrons. The van der Waals surface area contributed by atoms with Crippen LogP contribution in [0.5, 0.6) is 0 Å². The topological polar surface area (TPSA) is 60.9 Å². The van der Waals surface area contributed by atoms with Gasteiger partial charge in [-0.2, -0.15) is 13.2 Å². The number of nitrogens with zero attached hydrogens (tertiary/aromatic N) is 3. The molecule has 6 nitrogen and oxygen atoms in total. The van der Waals surface area contributed by atoms with E-state index in [9.17, 15) is 21.6 Å². The monoisotopic (exact) mass is 549 g/mol. The highest BCUT2D eigenvalue weighted by atomic mass is 32.2. The molecule has 0 aliphatic carbocycles. The van der Waals surface area contributed by atoms with Crippen molar-refractivity contribution < 1.29 is 26.2 Å². The van der Waals surface area contributed by atoms with Gasteiger partial charge in [0.15, 0.2) is 9.84 Å². The average Bonchev–Trinajstić information content (AvgIpc) is 3.23. The van der Waals surface area contributed by atoms with E-state index in [-0.39, 0.29) is 24.6 Å². The smallest absolute Gasteiger partial charge is 0.304 e. The highest BCUT2D eigenvalue weighted by Crippen LogP contribution is 2.69. The van der Waals surface area contributed by atoms with Crippen LogP contribution >= 0.6 is 7.44 Å². The average molecular weight is 550 g/mol. The summed E-state index contributed by atoms with van der Waals surface area (Å²) in [5.41, 5.74) is 1.15. The molecule has 5 rings (SSSR count). The second kappa shape index (κ2) is 9.82. The zero-order chi connectivity index (χ0) is 26.3. The van der Waals surface area contributed by atoms with E-state index in [2.05, 4.69) is 0 Å². The van der Waals surface area contributed by atoms with Crippen LogP contribution in [-0.2, 0) is 20.6 Å². The molecule has 2 fully saturated rings. The highest BCUT2D eigenvalue weighted by Gasteiger charge is 2.52. The number of anilines is 2. The second-order valence-electron chi connectivity index (χ2n) is 9.19. The molecule has 3 aromatic carbocycles. The van der Waals surface area contributed by atoms with Gasteiger partial charge in [-0.05, 0) is 42.0 Å². The number of halogens is 3. The fourth-order valence-corrected chi connectivity index (χ4v) is 10.0. The first-order chi connectivity index (χ1) is 17.6. The molecule has 2 heterocycles. The molecule has 0 spiro atoms. The Morgan fingerprint density at radius 2 is 1.16 bits per heavy atom. The third kappa shape index (κ3) is 5.02. The van der Waals surface area contributed by atoms with Gasteiger partial charge in [-0.3, -0.25) is 9.46 Å². The maximum atomic E-state index is 15.6. The SMILES string of the molecule is O=P1(C(c2ccc(C(F)(F)F)cc2)N2CCS(=O)(=O)CC2)N(c2ccccc2)CCN1c1ccccc1. The molecular weight excluding hydrogens is 522 g/mol. The first-order valence-electron chi connectivity index (χ1n) is 12.0. The summed E-state index contributed by atoms with van der Waals surface area (Å²) in [5.74, 6) is -1.03. The lowest BCUT2D eigenvalue weighted by atomic mass is 10.1. The van der Waals surface area contributed by atoms with Crippen LogP contribution in [-0.4, -0.2) is 51.0 Å². The Morgan fingerprint density at radius 3 is 1.59 bits per heavy atom. The van der Waals surface area contributed by atoms with Gasteiger partial charge in [0.1, 0.15) is 5.78 Å². The van der Waals surface area contributed by atoms with E-state index in [1.54, 1.807) is 0 Å². The number of benzene rings is 3. The molecule has 3 aromatic rings. The molecule has 37 heavy (non-hydrogen) atoms. The van der Waals surface area contributed by atoms with Crippen LogP contribution in [0.1, 0.15) is 16.9 Å². The van der Waals surface area contributed by atoms with Gasteiger partial charge in [0, 0.05) is 37.6 Å². The number of sulfone groups is 1. The maximum absolute atomic E-state index is 15.6. The van der Waals surface area contributed by atoms with E-state index >= 15 is 4.57 Å². The Balaban J connectivity index is 1.68. The molecular formula is C26H27F3N3O3PS. The van der Waals surface area contributed by atoms with Crippen LogP contribution in [0.3, 0.4) is 0 Å². The molecule has 11 heteroatoms. The second-order valence-corrected chi connectivity index (χ2v) is 14.1. The molecule has 2 aliphatic rings. The van der Waals surface area contributed by atoms with E-state index < -0.39 is 34.8 Å². The lowest BCUT2D eigenvalue weighted by molar-refractivity contribution is -0.137. The number of hydrogen-bond donors (Lipinski definition) is 0. The van der Waals surface area contributed by atoms with Crippen molar-refractivity contribution in [3.8, 4) is 0 Å². The van der Waals surface area contributed by atoms with Gasteiger partial charge in [0.25, 0.3) is 7.44 Å². The predicted molar refractivity (Wildman–Crippen MR) is 140 cm³/mol. The summed E-state index contributed by atoms with van der Waals surface area (Å²) in [7, 11) is -6.86. The highest BCUT2D eigenvalue weighted by molar-refractivity contribution is 7.91. The van der Waals surface area contributed by atoms with E-state index in [0.29, 0.717) is 18.7 Å². The summed E-state index contributed by atoms with van der Waals surface area (Å²) in [6.45, 7) is 1.17.